The van der Waals surface area contributed by atoms with Crippen LogP contribution in [-0.2, 0) is 0 Å². The zero-order chi connectivity index (χ0) is 14.5. The van der Waals surface area contributed by atoms with Gasteiger partial charge in [0.25, 0.3) is 0 Å². The number of halogens is 2. The van der Waals surface area contributed by atoms with Crippen LogP contribution in [0.25, 0.3) is 0 Å². The summed E-state index contributed by atoms with van der Waals surface area (Å²) in [6.45, 7) is 3.05. The molecule has 0 saturated heterocycles. The Bertz CT molecular complexity index is 555. The van der Waals surface area contributed by atoms with E-state index in [0.29, 0.717) is 13.1 Å². The number of rotatable bonds is 5. The maximum Gasteiger partial charge on any atom is 0.123 e. The van der Waals surface area contributed by atoms with Gasteiger partial charge in [-0.25, -0.2) is 8.78 Å². The fourth-order valence-electron chi connectivity index (χ4n) is 2.37. The third-order valence-corrected chi connectivity index (χ3v) is 3.33. The molecule has 0 spiro atoms. The highest BCUT2D eigenvalue weighted by Gasteiger charge is 2.18. The highest BCUT2D eigenvalue weighted by Crippen LogP contribution is 2.26. The Morgan fingerprint density at radius 3 is 2.30 bits per heavy atom. The smallest absolute Gasteiger partial charge is 0.123 e. The van der Waals surface area contributed by atoms with Crippen LogP contribution in [0.2, 0.25) is 0 Å². The number of hydrogen-bond donors (Lipinski definition) is 1. The van der Waals surface area contributed by atoms with Crippen molar-refractivity contribution in [3.63, 3.8) is 0 Å². The van der Waals surface area contributed by atoms with E-state index in [0.717, 1.165) is 11.3 Å². The van der Waals surface area contributed by atoms with Gasteiger partial charge < -0.3 is 10.6 Å². The molecule has 2 aromatic carbocycles. The first kappa shape index (κ1) is 14.5. The van der Waals surface area contributed by atoms with Crippen molar-refractivity contribution >= 4 is 5.69 Å². The molecule has 0 aliphatic heterocycles. The first-order valence-corrected chi connectivity index (χ1v) is 6.63. The maximum absolute atomic E-state index is 13.4. The molecular formula is C16H18F2N2. The van der Waals surface area contributed by atoms with Crippen LogP contribution in [0.5, 0.6) is 0 Å². The van der Waals surface area contributed by atoms with Crippen LogP contribution < -0.4 is 10.6 Å². The monoisotopic (exact) mass is 276 g/mol. The average Bonchev–Trinajstić information content (AvgIpc) is 2.46. The molecule has 2 N–H and O–H groups in total. The summed E-state index contributed by atoms with van der Waals surface area (Å²) in [7, 11) is 0. The number of nitrogens with two attached hydrogens (primary N) is 1. The Morgan fingerprint density at radius 1 is 1.05 bits per heavy atom. The lowest BCUT2D eigenvalue weighted by Crippen LogP contribution is -2.33. The number of likely N-dealkylation sites (N-methyl/N-ethyl adjacent to an activating group) is 1. The van der Waals surface area contributed by atoms with Gasteiger partial charge in [-0.15, -0.1) is 0 Å². The van der Waals surface area contributed by atoms with E-state index in [1.54, 1.807) is 18.2 Å². The lowest BCUT2D eigenvalue weighted by molar-refractivity contribution is 0.606. The molecule has 4 heteroatoms. The van der Waals surface area contributed by atoms with Crippen molar-refractivity contribution in [3.8, 4) is 0 Å². The minimum Gasteiger partial charge on any atom is -0.363 e. The summed E-state index contributed by atoms with van der Waals surface area (Å²) in [4.78, 5) is 2.04. The lowest BCUT2D eigenvalue weighted by Gasteiger charge is -2.32. The number of anilines is 1. The fourth-order valence-corrected chi connectivity index (χ4v) is 2.37. The second-order valence-electron chi connectivity index (χ2n) is 4.57. The molecular weight excluding hydrogens is 258 g/mol. The van der Waals surface area contributed by atoms with Crippen LogP contribution in [-0.4, -0.2) is 13.1 Å². The van der Waals surface area contributed by atoms with Crippen LogP contribution in [0.15, 0.2) is 48.5 Å². The molecule has 20 heavy (non-hydrogen) atoms. The van der Waals surface area contributed by atoms with Crippen molar-refractivity contribution in [2.45, 2.75) is 13.0 Å². The van der Waals surface area contributed by atoms with E-state index >= 15 is 0 Å². The summed E-state index contributed by atoms with van der Waals surface area (Å²) < 4.78 is 26.4. The molecule has 0 heterocycles. The standard InChI is InChI=1S/C16H18F2N2/c1-2-20(15-8-6-13(17)7-9-15)16(11-19)12-4-3-5-14(18)10-12/h3-10,16H,2,11,19H2,1H3. The van der Waals surface area contributed by atoms with Gasteiger partial charge in [0.2, 0.25) is 0 Å². The van der Waals surface area contributed by atoms with E-state index in [1.807, 2.05) is 17.9 Å². The molecule has 0 aromatic heterocycles. The van der Waals surface area contributed by atoms with Crippen LogP contribution in [0.1, 0.15) is 18.5 Å². The van der Waals surface area contributed by atoms with Gasteiger partial charge in [-0.1, -0.05) is 12.1 Å². The van der Waals surface area contributed by atoms with E-state index in [4.69, 9.17) is 5.73 Å². The van der Waals surface area contributed by atoms with Gasteiger partial charge in [0.15, 0.2) is 0 Å². The minimum absolute atomic E-state index is 0.138. The third kappa shape index (κ3) is 3.14. The Hall–Kier alpha value is -1.94. The molecule has 2 nitrogen and oxygen atoms in total. The fraction of sp³-hybridized carbons (Fsp3) is 0.250. The van der Waals surface area contributed by atoms with E-state index in [2.05, 4.69) is 0 Å². The summed E-state index contributed by atoms with van der Waals surface area (Å²) in [6.07, 6.45) is 0. The van der Waals surface area contributed by atoms with Gasteiger partial charge in [-0.05, 0) is 48.9 Å². The summed E-state index contributed by atoms with van der Waals surface area (Å²) in [5.74, 6) is -0.559. The molecule has 0 saturated carbocycles. The minimum atomic E-state index is -0.281. The van der Waals surface area contributed by atoms with Crippen LogP contribution in [0.4, 0.5) is 14.5 Å². The van der Waals surface area contributed by atoms with E-state index in [-0.39, 0.29) is 17.7 Å². The third-order valence-electron chi connectivity index (χ3n) is 3.33. The molecule has 0 aliphatic carbocycles. The zero-order valence-electron chi connectivity index (χ0n) is 11.4. The predicted octanol–water partition coefficient (Wildman–Crippen LogP) is 3.49. The summed E-state index contributed by atoms with van der Waals surface area (Å²) >= 11 is 0. The summed E-state index contributed by atoms with van der Waals surface area (Å²) in [6, 6.07) is 12.5. The normalized spacial score (nSPS) is 12.2. The highest BCUT2D eigenvalue weighted by atomic mass is 19.1. The van der Waals surface area contributed by atoms with Gasteiger partial charge in [-0.2, -0.15) is 0 Å². The molecule has 1 unspecified atom stereocenters. The van der Waals surface area contributed by atoms with Crippen molar-refractivity contribution in [2.24, 2.45) is 5.73 Å². The van der Waals surface area contributed by atoms with Gasteiger partial charge >= 0.3 is 0 Å². The second kappa shape index (κ2) is 6.48. The molecule has 1 atom stereocenters. The average molecular weight is 276 g/mol. The van der Waals surface area contributed by atoms with E-state index < -0.39 is 0 Å². The Balaban J connectivity index is 2.34. The molecule has 2 rings (SSSR count). The quantitative estimate of drug-likeness (QED) is 0.905. The van der Waals surface area contributed by atoms with Crippen molar-refractivity contribution in [1.82, 2.24) is 0 Å². The Kier molecular flexibility index (Phi) is 4.69. The molecule has 0 bridgehead atoms. The molecule has 0 aliphatic rings. The molecule has 0 radical (unpaired) electrons. The number of hydrogen-bond acceptors (Lipinski definition) is 2. The Labute approximate surface area is 117 Å². The van der Waals surface area contributed by atoms with Crippen molar-refractivity contribution in [3.05, 3.63) is 65.7 Å². The first-order chi connectivity index (χ1) is 9.65. The van der Waals surface area contributed by atoms with Gasteiger partial charge in [0, 0.05) is 18.8 Å². The molecule has 0 amide bonds. The highest BCUT2D eigenvalue weighted by molar-refractivity contribution is 5.49. The molecule has 2 aromatic rings. The first-order valence-electron chi connectivity index (χ1n) is 6.63. The zero-order valence-corrected chi connectivity index (χ0v) is 11.4. The number of benzene rings is 2. The molecule has 0 fully saturated rings. The van der Waals surface area contributed by atoms with Crippen molar-refractivity contribution in [1.29, 1.82) is 0 Å². The lowest BCUT2D eigenvalue weighted by atomic mass is 10.0. The summed E-state index contributed by atoms with van der Waals surface area (Å²) in [5, 5.41) is 0. The van der Waals surface area contributed by atoms with E-state index in [1.165, 1.54) is 24.3 Å². The van der Waals surface area contributed by atoms with Gasteiger partial charge in [0.1, 0.15) is 11.6 Å². The van der Waals surface area contributed by atoms with Crippen LogP contribution >= 0.6 is 0 Å². The second-order valence-corrected chi connectivity index (χ2v) is 4.57. The van der Waals surface area contributed by atoms with Gasteiger partial charge in [-0.3, -0.25) is 0 Å². The topological polar surface area (TPSA) is 29.3 Å². The van der Waals surface area contributed by atoms with Crippen molar-refractivity contribution in [2.75, 3.05) is 18.0 Å². The summed E-state index contributed by atoms with van der Waals surface area (Å²) in [5.41, 5.74) is 7.55. The SMILES string of the molecule is CCN(c1ccc(F)cc1)C(CN)c1cccc(F)c1. The van der Waals surface area contributed by atoms with E-state index in [9.17, 15) is 8.78 Å². The van der Waals surface area contributed by atoms with Crippen LogP contribution in [0.3, 0.4) is 0 Å². The van der Waals surface area contributed by atoms with Crippen molar-refractivity contribution < 1.29 is 8.78 Å². The largest absolute Gasteiger partial charge is 0.363 e. The predicted molar refractivity (Wildman–Crippen MR) is 77.6 cm³/mol. The van der Waals surface area contributed by atoms with Gasteiger partial charge in [0.05, 0.1) is 6.04 Å². The maximum atomic E-state index is 13.4. The van der Waals surface area contributed by atoms with Crippen LogP contribution in [0, 0.1) is 11.6 Å². The molecule has 106 valence electrons. The Morgan fingerprint density at radius 2 is 1.75 bits per heavy atom. The number of nitrogens with zero attached hydrogens (tertiary/aromatic N) is 1.